The number of benzene rings is 1. The third kappa shape index (κ3) is 4.07. The molecule has 97 valence electrons. The van der Waals surface area contributed by atoms with Gasteiger partial charge in [0.1, 0.15) is 0 Å². The van der Waals surface area contributed by atoms with Crippen molar-refractivity contribution < 1.29 is 4.79 Å². The Balaban J connectivity index is 1.98. The predicted molar refractivity (Wildman–Crippen MR) is 79.5 cm³/mol. The van der Waals surface area contributed by atoms with Crippen LogP contribution in [0.15, 0.2) is 47.7 Å². The van der Waals surface area contributed by atoms with E-state index in [-0.39, 0.29) is 5.91 Å². The zero-order valence-corrected chi connectivity index (χ0v) is 11.5. The second-order valence-electron chi connectivity index (χ2n) is 4.23. The zero-order chi connectivity index (χ0) is 13.5. The summed E-state index contributed by atoms with van der Waals surface area (Å²) in [5.74, 6) is -0.0642. The maximum absolute atomic E-state index is 11.8. The van der Waals surface area contributed by atoms with Gasteiger partial charge < -0.3 is 5.32 Å². The molecule has 2 aromatic rings. The van der Waals surface area contributed by atoms with Crippen LogP contribution in [0.3, 0.4) is 0 Å². The minimum atomic E-state index is -0.0642. The number of thiophene rings is 1. The quantitative estimate of drug-likeness (QED) is 0.802. The molecule has 1 aromatic carbocycles. The lowest BCUT2D eigenvalue weighted by Gasteiger charge is -2.05. The summed E-state index contributed by atoms with van der Waals surface area (Å²) >= 11 is 1.71. The first-order chi connectivity index (χ1) is 9.29. The van der Waals surface area contributed by atoms with Crippen LogP contribution >= 0.6 is 11.3 Å². The van der Waals surface area contributed by atoms with Crippen LogP contribution in [-0.2, 0) is 12.8 Å². The van der Waals surface area contributed by atoms with Crippen molar-refractivity contribution in [3.63, 3.8) is 0 Å². The third-order valence-electron chi connectivity index (χ3n) is 2.79. The Morgan fingerprint density at radius 3 is 3.05 bits per heavy atom. The van der Waals surface area contributed by atoms with Gasteiger partial charge in [-0.15, -0.1) is 6.58 Å². The van der Waals surface area contributed by atoms with E-state index in [1.54, 1.807) is 23.5 Å². The SMILES string of the molecule is C=CCNC(=O)c1cc[c]c(CCc2ccsc2)c1. The third-order valence-corrected chi connectivity index (χ3v) is 3.53. The molecule has 2 rings (SSSR count). The number of nitrogens with one attached hydrogen (secondary N) is 1. The van der Waals surface area contributed by atoms with Crippen molar-refractivity contribution in [2.45, 2.75) is 12.8 Å². The summed E-state index contributed by atoms with van der Waals surface area (Å²) in [5, 5.41) is 7.01. The van der Waals surface area contributed by atoms with Gasteiger partial charge in [0.2, 0.25) is 0 Å². The maximum atomic E-state index is 11.8. The molecule has 0 bridgehead atoms. The van der Waals surface area contributed by atoms with Crippen molar-refractivity contribution in [3.05, 3.63) is 70.4 Å². The van der Waals surface area contributed by atoms with E-state index in [1.165, 1.54) is 5.56 Å². The topological polar surface area (TPSA) is 29.1 Å². The number of amides is 1. The summed E-state index contributed by atoms with van der Waals surface area (Å²) in [6.07, 6.45) is 3.56. The second-order valence-corrected chi connectivity index (χ2v) is 5.01. The highest BCUT2D eigenvalue weighted by Crippen LogP contribution is 2.11. The summed E-state index contributed by atoms with van der Waals surface area (Å²) in [6.45, 7) is 4.07. The van der Waals surface area contributed by atoms with Crippen molar-refractivity contribution in [1.82, 2.24) is 5.32 Å². The zero-order valence-electron chi connectivity index (χ0n) is 10.7. The van der Waals surface area contributed by atoms with Gasteiger partial charge in [-0.25, -0.2) is 0 Å². The van der Waals surface area contributed by atoms with E-state index in [0.29, 0.717) is 12.1 Å². The highest BCUT2D eigenvalue weighted by Gasteiger charge is 2.05. The van der Waals surface area contributed by atoms with Crippen LogP contribution < -0.4 is 5.32 Å². The van der Waals surface area contributed by atoms with Crippen LogP contribution in [0.4, 0.5) is 0 Å². The molecule has 0 saturated heterocycles. The molecule has 0 atom stereocenters. The molecule has 3 heteroatoms. The molecule has 0 spiro atoms. The summed E-state index contributed by atoms with van der Waals surface area (Å²) in [4.78, 5) is 11.8. The molecule has 1 heterocycles. The van der Waals surface area contributed by atoms with Gasteiger partial charge in [-0.05, 0) is 59.0 Å². The van der Waals surface area contributed by atoms with Gasteiger partial charge in [0.15, 0.2) is 0 Å². The maximum Gasteiger partial charge on any atom is 0.251 e. The minimum Gasteiger partial charge on any atom is -0.349 e. The first kappa shape index (κ1) is 13.6. The van der Waals surface area contributed by atoms with Crippen LogP contribution in [0, 0.1) is 6.07 Å². The van der Waals surface area contributed by atoms with Gasteiger partial charge in [0.25, 0.3) is 5.91 Å². The Kier molecular flexibility index (Phi) is 4.93. The molecule has 1 aromatic heterocycles. The second kappa shape index (κ2) is 6.90. The van der Waals surface area contributed by atoms with E-state index < -0.39 is 0 Å². The number of carbonyl (C=O) groups is 1. The molecule has 0 saturated carbocycles. The standard InChI is InChI=1S/C16H16NOS/c1-2-9-17-16(18)15-5-3-4-13(11-15)6-7-14-8-10-19-12-14/h2-3,5,8,10-12H,1,6-7,9H2,(H,17,18). The van der Waals surface area contributed by atoms with Crippen molar-refractivity contribution in [2.24, 2.45) is 0 Å². The summed E-state index contributed by atoms with van der Waals surface area (Å²) in [5.41, 5.74) is 3.08. The van der Waals surface area contributed by atoms with Gasteiger partial charge in [0, 0.05) is 12.1 Å². The number of hydrogen-bond acceptors (Lipinski definition) is 2. The van der Waals surface area contributed by atoms with Gasteiger partial charge >= 0.3 is 0 Å². The lowest BCUT2D eigenvalue weighted by Crippen LogP contribution is -2.23. The summed E-state index contributed by atoms with van der Waals surface area (Å²) in [7, 11) is 0. The minimum absolute atomic E-state index is 0.0642. The Labute approximate surface area is 117 Å². The van der Waals surface area contributed by atoms with Gasteiger partial charge in [0.05, 0.1) is 0 Å². The molecule has 0 aliphatic rings. The van der Waals surface area contributed by atoms with E-state index in [1.807, 2.05) is 12.1 Å². The van der Waals surface area contributed by atoms with E-state index in [9.17, 15) is 4.79 Å². The number of rotatable bonds is 6. The highest BCUT2D eigenvalue weighted by atomic mass is 32.1. The lowest BCUT2D eigenvalue weighted by molar-refractivity contribution is 0.0958. The van der Waals surface area contributed by atoms with Crippen molar-refractivity contribution >= 4 is 17.2 Å². The largest absolute Gasteiger partial charge is 0.349 e. The fraction of sp³-hybridized carbons (Fsp3) is 0.188. The van der Waals surface area contributed by atoms with Crippen LogP contribution in [0.25, 0.3) is 0 Å². The number of aryl methyl sites for hydroxylation is 2. The highest BCUT2D eigenvalue weighted by molar-refractivity contribution is 7.07. The Morgan fingerprint density at radius 1 is 1.42 bits per heavy atom. The smallest absolute Gasteiger partial charge is 0.251 e. The van der Waals surface area contributed by atoms with E-state index in [2.05, 4.69) is 34.8 Å². The van der Waals surface area contributed by atoms with Gasteiger partial charge in [-0.1, -0.05) is 12.1 Å². The summed E-state index contributed by atoms with van der Waals surface area (Å²) < 4.78 is 0. The van der Waals surface area contributed by atoms with Crippen molar-refractivity contribution in [3.8, 4) is 0 Å². The van der Waals surface area contributed by atoms with E-state index in [4.69, 9.17) is 0 Å². The fourth-order valence-electron chi connectivity index (χ4n) is 1.78. The Hall–Kier alpha value is -1.87. The molecule has 0 aliphatic heterocycles. The van der Waals surface area contributed by atoms with Crippen LogP contribution in [-0.4, -0.2) is 12.5 Å². The molecule has 2 nitrogen and oxygen atoms in total. The molecule has 0 aliphatic carbocycles. The average molecular weight is 270 g/mol. The van der Waals surface area contributed by atoms with E-state index in [0.717, 1.165) is 18.4 Å². The number of carbonyl (C=O) groups excluding carboxylic acids is 1. The Bertz CT molecular complexity index is 546. The summed E-state index contributed by atoms with van der Waals surface area (Å²) in [6, 6.07) is 10.8. The first-order valence-corrected chi connectivity index (χ1v) is 7.14. The van der Waals surface area contributed by atoms with Gasteiger partial charge in [-0.3, -0.25) is 4.79 Å². The van der Waals surface area contributed by atoms with Crippen molar-refractivity contribution in [1.29, 1.82) is 0 Å². The molecule has 1 N–H and O–H groups in total. The average Bonchev–Trinajstić information content (AvgIpc) is 2.96. The molecule has 19 heavy (non-hydrogen) atoms. The lowest BCUT2D eigenvalue weighted by atomic mass is 10.0. The molecular weight excluding hydrogens is 254 g/mol. The van der Waals surface area contributed by atoms with Crippen molar-refractivity contribution in [2.75, 3.05) is 6.54 Å². The molecule has 1 radical (unpaired) electrons. The van der Waals surface area contributed by atoms with Gasteiger partial charge in [-0.2, -0.15) is 11.3 Å². The Morgan fingerprint density at radius 2 is 2.32 bits per heavy atom. The van der Waals surface area contributed by atoms with Crippen LogP contribution in [0.5, 0.6) is 0 Å². The fourth-order valence-corrected chi connectivity index (χ4v) is 2.49. The monoisotopic (exact) mass is 270 g/mol. The predicted octanol–water partition coefficient (Wildman–Crippen LogP) is 3.25. The molecule has 0 unspecified atom stereocenters. The normalized spacial score (nSPS) is 10.1. The van der Waals surface area contributed by atoms with Crippen LogP contribution in [0.2, 0.25) is 0 Å². The molecule has 0 fully saturated rings. The molecule has 1 amide bonds. The first-order valence-electron chi connectivity index (χ1n) is 6.20. The molecular formula is C16H16NOS. The van der Waals surface area contributed by atoms with E-state index >= 15 is 0 Å². The van der Waals surface area contributed by atoms with Crippen LogP contribution in [0.1, 0.15) is 21.5 Å². The number of hydrogen-bond donors (Lipinski definition) is 1.